The van der Waals surface area contributed by atoms with Gasteiger partial charge in [-0.1, -0.05) is 122 Å². The molecule has 2 heteroatoms. The number of hydrogen-bond acceptors (Lipinski definition) is 2. The summed E-state index contributed by atoms with van der Waals surface area (Å²) in [5, 5.41) is 13.5. The monoisotopic (exact) mass is 469 g/mol. The number of hydrogen-bond donors (Lipinski definition) is 1. The van der Waals surface area contributed by atoms with E-state index in [2.05, 4.69) is 114 Å². The van der Waals surface area contributed by atoms with Crippen LogP contribution in [0.25, 0.3) is 21.9 Å². The van der Waals surface area contributed by atoms with Gasteiger partial charge in [0.15, 0.2) is 0 Å². The summed E-state index contributed by atoms with van der Waals surface area (Å²) in [4.78, 5) is 2.62. The van der Waals surface area contributed by atoms with Crippen LogP contribution in [-0.4, -0.2) is 16.6 Å². The summed E-state index contributed by atoms with van der Waals surface area (Å²) in [5.74, 6) is 0.367. The normalized spacial score (nSPS) is 17.2. The molecule has 5 aromatic rings. The van der Waals surface area contributed by atoms with Gasteiger partial charge in [-0.15, -0.1) is 0 Å². The van der Waals surface area contributed by atoms with Crippen molar-refractivity contribution in [1.29, 1.82) is 0 Å². The lowest BCUT2D eigenvalue weighted by Gasteiger charge is -2.42. The van der Waals surface area contributed by atoms with Crippen molar-refractivity contribution in [3.05, 3.63) is 138 Å². The molecule has 36 heavy (non-hydrogen) atoms. The Morgan fingerprint density at radius 3 is 2.08 bits per heavy atom. The smallest absolute Gasteiger partial charge is 0.121 e. The van der Waals surface area contributed by atoms with Gasteiger partial charge >= 0.3 is 0 Å². The van der Waals surface area contributed by atoms with E-state index in [4.69, 9.17) is 0 Å². The summed E-state index contributed by atoms with van der Waals surface area (Å²) in [6.07, 6.45) is 3.48. The van der Waals surface area contributed by atoms with Gasteiger partial charge in [0, 0.05) is 11.6 Å². The van der Waals surface area contributed by atoms with E-state index in [1.54, 1.807) is 0 Å². The molecule has 1 fully saturated rings. The van der Waals surface area contributed by atoms with E-state index in [1.165, 1.54) is 28.7 Å². The number of phenols is 1. The van der Waals surface area contributed by atoms with E-state index >= 15 is 0 Å². The van der Waals surface area contributed by atoms with Gasteiger partial charge in [-0.3, -0.25) is 4.90 Å². The van der Waals surface area contributed by atoms with Crippen LogP contribution >= 0.6 is 0 Å². The minimum atomic E-state index is -0.0311. The molecule has 2 nitrogen and oxygen atoms in total. The molecule has 1 N–H and O–H groups in total. The fourth-order valence-electron chi connectivity index (χ4n) is 5.88. The second-order valence-electron chi connectivity index (χ2n) is 9.77. The van der Waals surface area contributed by atoms with Crippen LogP contribution in [0.2, 0.25) is 0 Å². The van der Waals surface area contributed by atoms with Crippen LogP contribution in [0.1, 0.15) is 48.0 Å². The van der Waals surface area contributed by atoms with Crippen LogP contribution in [0.15, 0.2) is 121 Å². The third-order valence-corrected chi connectivity index (χ3v) is 7.61. The number of piperidine rings is 1. The van der Waals surface area contributed by atoms with Gasteiger partial charge in [0.25, 0.3) is 0 Å². The highest BCUT2D eigenvalue weighted by Gasteiger charge is 2.34. The standard InChI is InChI=1S/C34H31NO/c36-32-23-22-27-13-7-8-16-30(27)33(32)34(29-14-5-2-6-15-29)35-24-10-9-17-31(35)28-20-18-26(19-21-28)25-11-3-1-4-12-25/h1-8,11-16,18-23,31,34,36H,9-10,17,24H2/t31-,34+/m1/s1. The molecule has 1 aliphatic heterocycles. The topological polar surface area (TPSA) is 23.5 Å². The highest BCUT2D eigenvalue weighted by atomic mass is 16.3. The Kier molecular flexibility index (Phi) is 6.27. The van der Waals surface area contributed by atoms with Crippen LogP contribution in [0, 0.1) is 0 Å². The van der Waals surface area contributed by atoms with Crippen molar-refractivity contribution in [2.24, 2.45) is 0 Å². The summed E-state index contributed by atoms with van der Waals surface area (Å²) in [6, 6.07) is 42.9. The molecule has 2 atom stereocenters. The Bertz CT molecular complexity index is 1440. The Morgan fingerprint density at radius 2 is 1.31 bits per heavy atom. The van der Waals surface area contributed by atoms with Gasteiger partial charge in [-0.2, -0.15) is 0 Å². The number of nitrogens with zero attached hydrogens (tertiary/aromatic N) is 1. The van der Waals surface area contributed by atoms with Crippen molar-refractivity contribution in [3.8, 4) is 16.9 Å². The molecule has 1 heterocycles. The Balaban J connectivity index is 1.46. The highest BCUT2D eigenvalue weighted by Crippen LogP contribution is 2.45. The average Bonchev–Trinajstić information content (AvgIpc) is 2.96. The van der Waals surface area contributed by atoms with Gasteiger partial charge in [-0.25, -0.2) is 0 Å². The summed E-state index contributed by atoms with van der Waals surface area (Å²) < 4.78 is 0. The molecular formula is C34H31NO. The van der Waals surface area contributed by atoms with E-state index in [1.807, 2.05) is 12.1 Å². The van der Waals surface area contributed by atoms with Crippen LogP contribution in [0.5, 0.6) is 5.75 Å². The predicted octanol–water partition coefficient (Wildman–Crippen LogP) is 8.53. The van der Waals surface area contributed by atoms with E-state index < -0.39 is 0 Å². The number of rotatable bonds is 5. The first-order chi connectivity index (χ1) is 17.8. The maximum atomic E-state index is 11.3. The molecule has 0 radical (unpaired) electrons. The van der Waals surface area contributed by atoms with Crippen molar-refractivity contribution in [3.63, 3.8) is 0 Å². The molecule has 0 amide bonds. The first kappa shape index (κ1) is 22.6. The first-order valence-electron chi connectivity index (χ1n) is 13.0. The third kappa shape index (κ3) is 4.29. The largest absolute Gasteiger partial charge is 0.508 e. The molecular weight excluding hydrogens is 438 g/mol. The zero-order chi connectivity index (χ0) is 24.3. The molecule has 6 rings (SSSR count). The molecule has 0 aliphatic carbocycles. The van der Waals surface area contributed by atoms with Crippen molar-refractivity contribution in [1.82, 2.24) is 4.90 Å². The Hall–Kier alpha value is -3.88. The van der Waals surface area contributed by atoms with Gasteiger partial charge in [0.1, 0.15) is 5.75 Å². The molecule has 0 unspecified atom stereocenters. The molecule has 0 bridgehead atoms. The maximum Gasteiger partial charge on any atom is 0.121 e. The Labute approximate surface area is 213 Å². The minimum absolute atomic E-state index is 0.0311. The van der Waals surface area contributed by atoms with Crippen molar-refractivity contribution < 1.29 is 5.11 Å². The predicted molar refractivity (Wildman–Crippen MR) is 149 cm³/mol. The van der Waals surface area contributed by atoms with Crippen molar-refractivity contribution in [2.45, 2.75) is 31.3 Å². The second kappa shape index (κ2) is 10.0. The van der Waals surface area contributed by atoms with Gasteiger partial charge in [0.05, 0.1) is 6.04 Å². The van der Waals surface area contributed by atoms with Crippen LogP contribution in [0.3, 0.4) is 0 Å². The highest BCUT2D eigenvalue weighted by molar-refractivity contribution is 5.88. The fourth-order valence-corrected chi connectivity index (χ4v) is 5.88. The zero-order valence-corrected chi connectivity index (χ0v) is 20.4. The number of aromatic hydroxyl groups is 1. The van der Waals surface area contributed by atoms with E-state index in [9.17, 15) is 5.11 Å². The number of likely N-dealkylation sites (tertiary alicyclic amines) is 1. The first-order valence-corrected chi connectivity index (χ1v) is 13.0. The van der Waals surface area contributed by atoms with E-state index in [0.29, 0.717) is 5.75 Å². The fraction of sp³-hybridized carbons (Fsp3) is 0.176. The summed E-state index contributed by atoms with van der Waals surface area (Å²) in [5.41, 5.74) is 6.06. The molecule has 0 spiro atoms. The quantitative estimate of drug-likeness (QED) is 0.279. The van der Waals surface area contributed by atoms with Gasteiger partial charge in [0.2, 0.25) is 0 Å². The molecule has 1 aliphatic rings. The lowest BCUT2D eigenvalue weighted by molar-refractivity contribution is 0.112. The van der Waals surface area contributed by atoms with Crippen LogP contribution in [-0.2, 0) is 0 Å². The summed E-state index contributed by atoms with van der Waals surface area (Å²) in [6.45, 7) is 0.993. The van der Waals surface area contributed by atoms with Crippen LogP contribution < -0.4 is 0 Å². The van der Waals surface area contributed by atoms with Crippen molar-refractivity contribution >= 4 is 10.8 Å². The zero-order valence-electron chi connectivity index (χ0n) is 20.4. The van der Waals surface area contributed by atoms with E-state index in [0.717, 1.165) is 35.7 Å². The molecule has 0 aromatic heterocycles. The van der Waals surface area contributed by atoms with E-state index in [-0.39, 0.29) is 12.1 Å². The molecule has 178 valence electrons. The average molecular weight is 470 g/mol. The number of fused-ring (bicyclic) bond motifs is 1. The lowest BCUT2D eigenvalue weighted by atomic mass is 9.86. The SMILES string of the molecule is Oc1ccc2ccccc2c1[C@H](c1ccccc1)N1CCCC[C@@H]1c1ccc(-c2ccccc2)cc1. The van der Waals surface area contributed by atoms with Crippen LogP contribution in [0.4, 0.5) is 0 Å². The summed E-state index contributed by atoms with van der Waals surface area (Å²) >= 11 is 0. The molecule has 5 aromatic carbocycles. The summed E-state index contributed by atoms with van der Waals surface area (Å²) in [7, 11) is 0. The molecule has 0 saturated carbocycles. The minimum Gasteiger partial charge on any atom is -0.508 e. The second-order valence-corrected chi connectivity index (χ2v) is 9.77. The molecule has 1 saturated heterocycles. The number of phenolic OH excluding ortho intramolecular Hbond substituents is 1. The third-order valence-electron chi connectivity index (χ3n) is 7.61. The lowest BCUT2D eigenvalue weighted by Crippen LogP contribution is -2.37. The maximum absolute atomic E-state index is 11.3. The van der Waals surface area contributed by atoms with Crippen molar-refractivity contribution in [2.75, 3.05) is 6.54 Å². The number of benzene rings is 5. The van der Waals surface area contributed by atoms with Gasteiger partial charge < -0.3 is 5.11 Å². The Morgan fingerprint density at radius 1 is 0.639 bits per heavy atom. The van der Waals surface area contributed by atoms with Gasteiger partial charge in [-0.05, 0) is 58.5 Å².